The lowest BCUT2D eigenvalue weighted by atomic mass is 9.95. The van der Waals surface area contributed by atoms with E-state index in [4.69, 9.17) is 4.74 Å². The summed E-state index contributed by atoms with van der Waals surface area (Å²) in [5, 5.41) is 22.9. The van der Waals surface area contributed by atoms with Gasteiger partial charge in [-0.05, 0) is 60.3 Å². The molecule has 1 saturated heterocycles. The average Bonchev–Trinajstić information content (AvgIpc) is 3.38. The molecule has 0 radical (unpaired) electrons. The Morgan fingerprint density at radius 1 is 1.16 bits per heavy atom. The highest BCUT2D eigenvalue weighted by molar-refractivity contribution is 7.09. The zero-order valence-corrected chi connectivity index (χ0v) is 17.9. The Morgan fingerprint density at radius 3 is 2.56 bits per heavy atom. The van der Waals surface area contributed by atoms with Crippen LogP contribution in [0.5, 0.6) is 11.5 Å². The normalized spacial score (nSPS) is 17.7. The summed E-state index contributed by atoms with van der Waals surface area (Å²) < 4.78 is 18.8. The predicted octanol–water partition coefficient (Wildman–Crippen LogP) is 4.61. The standard InChI is InChI=1S/C24H20FNO5S/c1-2-31-19-12-15(7-10-18(19)27)21-20(22(28)14-5-8-16(25)9-6-14)23(29)24(30)26(21)13-17-4-3-11-32-17/h3-12,21,27-28H,2,13H2,1H3/b22-20-. The molecule has 164 valence electrons. The molecule has 0 aliphatic carbocycles. The van der Waals surface area contributed by atoms with E-state index in [1.54, 1.807) is 19.1 Å². The van der Waals surface area contributed by atoms with Crippen molar-refractivity contribution in [1.29, 1.82) is 0 Å². The van der Waals surface area contributed by atoms with Crippen LogP contribution in [0.4, 0.5) is 4.39 Å². The van der Waals surface area contributed by atoms with Crippen molar-refractivity contribution in [2.75, 3.05) is 6.61 Å². The van der Waals surface area contributed by atoms with E-state index in [1.807, 2.05) is 17.5 Å². The van der Waals surface area contributed by atoms with E-state index in [0.29, 0.717) is 12.2 Å². The molecule has 3 aromatic rings. The number of Topliss-reactive ketones (excluding diaryl/α,β-unsaturated/α-hetero) is 1. The van der Waals surface area contributed by atoms with Gasteiger partial charge in [-0.15, -0.1) is 11.3 Å². The third-order valence-electron chi connectivity index (χ3n) is 5.16. The van der Waals surface area contributed by atoms with Gasteiger partial charge in [0.1, 0.15) is 11.6 Å². The number of rotatable bonds is 6. The summed E-state index contributed by atoms with van der Waals surface area (Å²) in [5.74, 6) is -2.35. The van der Waals surface area contributed by atoms with E-state index in [0.717, 1.165) is 4.88 Å². The van der Waals surface area contributed by atoms with Crippen molar-refractivity contribution in [1.82, 2.24) is 4.90 Å². The number of carbonyl (C=O) groups is 2. The van der Waals surface area contributed by atoms with Crippen molar-refractivity contribution in [2.45, 2.75) is 19.5 Å². The van der Waals surface area contributed by atoms with E-state index in [9.17, 15) is 24.2 Å². The number of aromatic hydroxyl groups is 1. The van der Waals surface area contributed by atoms with Crippen molar-refractivity contribution >= 4 is 28.8 Å². The second-order valence-corrected chi connectivity index (χ2v) is 8.21. The number of amides is 1. The van der Waals surface area contributed by atoms with Crippen LogP contribution in [0.25, 0.3) is 5.76 Å². The molecule has 2 heterocycles. The van der Waals surface area contributed by atoms with Crippen LogP contribution in [-0.4, -0.2) is 33.4 Å². The van der Waals surface area contributed by atoms with Crippen molar-refractivity contribution < 1.29 is 28.9 Å². The number of ketones is 1. The first kappa shape index (κ1) is 21.6. The lowest BCUT2D eigenvalue weighted by Gasteiger charge is -2.25. The minimum Gasteiger partial charge on any atom is -0.507 e. The van der Waals surface area contributed by atoms with Gasteiger partial charge >= 0.3 is 0 Å². The Kier molecular flexibility index (Phi) is 5.96. The Labute approximate surface area is 187 Å². The van der Waals surface area contributed by atoms with Crippen LogP contribution in [-0.2, 0) is 16.1 Å². The first-order valence-electron chi connectivity index (χ1n) is 9.93. The smallest absolute Gasteiger partial charge is 0.295 e. The van der Waals surface area contributed by atoms with Gasteiger partial charge in [-0.3, -0.25) is 9.59 Å². The molecule has 1 fully saturated rings. The number of ether oxygens (including phenoxy) is 1. The highest BCUT2D eigenvalue weighted by Gasteiger charge is 2.46. The highest BCUT2D eigenvalue weighted by atomic mass is 32.1. The molecule has 1 aliphatic rings. The molecule has 32 heavy (non-hydrogen) atoms. The summed E-state index contributed by atoms with van der Waals surface area (Å²) in [7, 11) is 0. The monoisotopic (exact) mass is 453 g/mol. The lowest BCUT2D eigenvalue weighted by molar-refractivity contribution is -0.140. The number of phenolic OH excluding ortho intramolecular Hbond substituents is 1. The minimum absolute atomic E-state index is 0.0793. The molecule has 1 amide bonds. The van der Waals surface area contributed by atoms with E-state index in [1.165, 1.54) is 46.6 Å². The summed E-state index contributed by atoms with van der Waals surface area (Å²) in [6.07, 6.45) is 0. The maximum atomic E-state index is 13.4. The van der Waals surface area contributed by atoms with Crippen LogP contribution in [0.3, 0.4) is 0 Å². The maximum Gasteiger partial charge on any atom is 0.295 e. The number of phenols is 1. The zero-order chi connectivity index (χ0) is 22.8. The van der Waals surface area contributed by atoms with Gasteiger partial charge in [-0.1, -0.05) is 12.1 Å². The molecule has 1 aromatic heterocycles. The molecule has 0 bridgehead atoms. The molecule has 6 nitrogen and oxygen atoms in total. The van der Waals surface area contributed by atoms with E-state index in [2.05, 4.69) is 0 Å². The molecule has 8 heteroatoms. The van der Waals surface area contributed by atoms with Gasteiger partial charge in [0.05, 0.1) is 24.8 Å². The third-order valence-corrected chi connectivity index (χ3v) is 6.02. The topological polar surface area (TPSA) is 87.1 Å². The minimum atomic E-state index is -0.915. The fourth-order valence-electron chi connectivity index (χ4n) is 3.70. The van der Waals surface area contributed by atoms with Crippen LogP contribution in [0.15, 0.2) is 65.6 Å². The highest BCUT2D eigenvalue weighted by Crippen LogP contribution is 2.42. The van der Waals surface area contributed by atoms with Gasteiger partial charge in [-0.25, -0.2) is 4.39 Å². The van der Waals surface area contributed by atoms with E-state index < -0.39 is 29.3 Å². The van der Waals surface area contributed by atoms with Crippen molar-refractivity contribution in [2.24, 2.45) is 0 Å². The quantitative estimate of drug-likeness (QED) is 0.323. The van der Waals surface area contributed by atoms with Gasteiger partial charge in [0.25, 0.3) is 11.7 Å². The molecule has 0 saturated carbocycles. The molecular weight excluding hydrogens is 433 g/mol. The molecular formula is C24H20FNO5S. The van der Waals surface area contributed by atoms with E-state index in [-0.39, 0.29) is 29.2 Å². The predicted molar refractivity (Wildman–Crippen MR) is 118 cm³/mol. The van der Waals surface area contributed by atoms with Crippen LogP contribution in [0.1, 0.15) is 29.0 Å². The first-order chi connectivity index (χ1) is 15.4. The maximum absolute atomic E-state index is 13.4. The van der Waals surface area contributed by atoms with Crippen LogP contribution in [0, 0.1) is 5.82 Å². The Morgan fingerprint density at radius 2 is 1.91 bits per heavy atom. The molecule has 0 spiro atoms. The van der Waals surface area contributed by atoms with E-state index >= 15 is 0 Å². The number of aliphatic hydroxyl groups is 1. The van der Waals surface area contributed by atoms with Crippen molar-refractivity contribution in [3.05, 3.63) is 87.4 Å². The SMILES string of the molecule is CCOc1cc(C2/C(=C(/O)c3ccc(F)cc3)C(=O)C(=O)N2Cc2cccs2)ccc1O. The largest absolute Gasteiger partial charge is 0.507 e. The lowest BCUT2D eigenvalue weighted by Crippen LogP contribution is -2.28. The summed E-state index contributed by atoms with van der Waals surface area (Å²) >= 11 is 1.44. The number of thiophene rings is 1. The number of nitrogens with zero attached hydrogens (tertiary/aromatic N) is 1. The molecule has 2 N–H and O–H groups in total. The van der Waals surface area contributed by atoms with Gasteiger partial charge in [0, 0.05) is 10.4 Å². The number of benzene rings is 2. The van der Waals surface area contributed by atoms with Gasteiger partial charge in [-0.2, -0.15) is 0 Å². The fraction of sp³-hybridized carbons (Fsp3) is 0.167. The fourth-order valence-corrected chi connectivity index (χ4v) is 4.40. The van der Waals surface area contributed by atoms with Crippen molar-refractivity contribution in [3.8, 4) is 11.5 Å². The summed E-state index contributed by atoms with van der Waals surface area (Å²) in [6, 6.07) is 12.3. The van der Waals surface area contributed by atoms with Crippen LogP contribution in [0.2, 0.25) is 0 Å². The number of carbonyl (C=O) groups excluding carboxylic acids is 2. The molecule has 4 rings (SSSR count). The number of likely N-dealkylation sites (tertiary alicyclic amines) is 1. The third kappa shape index (κ3) is 3.97. The van der Waals surface area contributed by atoms with Crippen molar-refractivity contribution in [3.63, 3.8) is 0 Å². The second kappa shape index (κ2) is 8.84. The summed E-state index contributed by atoms with van der Waals surface area (Å²) in [4.78, 5) is 28.3. The first-order valence-corrected chi connectivity index (χ1v) is 10.8. The average molecular weight is 453 g/mol. The van der Waals surface area contributed by atoms with Crippen LogP contribution < -0.4 is 4.74 Å². The summed E-state index contributed by atoms with van der Waals surface area (Å²) in [5.41, 5.74) is 0.603. The van der Waals surface area contributed by atoms with Gasteiger partial charge in [0.2, 0.25) is 0 Å². The van der Waals surface area contributed by atoms with Crippen LogP contribution >= 0.6 is 11.3 Å². The Hall–Kier alpha value is -3.65. The molecule has 2 aromatic carbocycles. The Balaban J connectivity index is 1.88. The van der Waals surface area contributed by atoms with Gasteiger partial charge in [0.15, 0.2) is 11.5 Å². The summed E-state index contributed by atoms with van der Waals surface area (Å²) in [6.45, 7) is 2.24. The van der Waals surface area contributed by atoms with Gasteiger partial charge < -0.3 is 19.8 Å². The molecule has 1 unspecified atom stereocenters. The number of aliphatic hydroxyl groups excluding tert-OH is 1. The zero-order valence-electron chi connectivity index (χ0n) is 17.1. The number of hydrogen-bond donors (Lipinski definition) is 2. The second-order valence-electron chi connectivity index (χ2n) is 7.17. The number of halogens is 1. The Bertz CT molecular complexity index is 1190. The molecule has 1 aliphatic heterocycles. The number of hydrogen-bond acceptors (Lipinski definition) is 6. The molecule has 1 atom stereocenters.